The van der Waals surface area contributed by atoms with Gasteiger partial charge in [0.25, 0.3) is 0 Å². The maximum atomic E-state index is 11.0. The van der Waals surface area contributed by atoms with E-state index in [1.165, 1.54) is 11.8 Å². The lowest BCUT2D eigenvalue weighted by Crippen LogP contribution is -2.40. The van der Waals surface area contributed by atoms with Gasteiger partial charge in [-0.15, -0.1) is 0 Å². The second-order valence-electron chi connectivity index (χ2n) is 6.71. The van der Waals surface area contributed by atoms with Crippen molar-refractivity contribution < 1.29 is 18.3 Å². The molecule has 0 saturated heterocycles. The van der Waals surface area contributed by atoms with Crippen molar-refractivity contribution in [2.75, 3.05) is 25.2 Å². The second-order valence-corrected chi connectivity index (χ2v) is 8.97. The molecule has 0 amide bonds. The van der Waals surface area contributed by atoms with Gasteiger partial charge in [-0.2, -0.15) is 0 Å². The Balaban J connectivity index is 1.77. The van der Waals surface area contributed by atoms with Crippen molar-refractivity contribution in [1.29, 1.82) is 0 Å². The highest BCUT2D eigenvalue weighted by atomic mass is 32.2. The molecule has 0 aliphatic heterocycles. The van der Waals surface area contributed by atoms with Crippen LogP contribution in [0.5, 0.6) is 5.75 Å². The van der Waals surface area contributed by atoms with Crippen molar-refractivity contribution in [2.45, 2.75) is 43.6 Å². The molecule has 0 bridgehead atoms. The molecule has 2 rings (SSSR count). The Bertz CT molecular complexity index is 600. The number of hydrogen-bond acceptors (Lipinski definition) is 5. The third kappa shape index (κ3) is 5.79. The van der Waals surface area contributed by atoms with Gasteiger partial charge < -0.3 is 15.6 Å². The summed E-state index contributed by atoms with van der Waals surface area (Å²) in [5, 5.41) is 9.34. The van der Waals surface area contributed by atoms with Gasteiger partial charge in [-0.1, -0.05) is 12.1 Å². The Hall–Kier alpha value is -1.11. The summed E-state index contributed by atoms with van der Waals surface area (Å²) in [5.41, 5.74) is 6.92. The zero-order chi connectivity index (χ0) is 16.9. The standard InChI is InChI=1S/C17H27NO4S/c1-23(20,21)11-3-2-10-22-16-6-4-14(5-7-16)15-8-9-17(18,12-15)13-19/h4-7,15,19H,2-3,8-13,18H2,1H3/t15-,17+/m1/s1. The van der Waals surface area contributed by atoms with Gasteiger partial charge in [-0.05, 0) is 55.7 Å². The van der Waals surface area contributed by atoms with E-state index >= 15 is 0 Å². The summed E-state index contributed by atoms with van der Waals surface area (Å²) in [5.74, 6) is 1.41. The third-order valence-electron chi connectivity index (χ3n) is 4.49. The van der Waals surface area contributed by atoms with Crippen molar-refractivity contribution in [3.05, 3.63) is 29.8 Å². The third-order valence-corrected chi connectivity index (χ3v) is 5.52. The maximum absolute atomic E-state index is 11.0. The first-order chi connectivity index (χ1) is 10.8. The highest BCUT2D eigenvalue weighted by Gasteiger charge is 2.35. The molecule has 0 unspecified atom stereocenters. The number of aliphatic hydroxyl groups excluding tert-OH is 1. The molecule has 1 aliphatic carbocycles. The fraction of sp³-hybridized carbons (Fsp3) is 0.647. The van der Waals surface area contributed by atoms with Crippen LogP contribution >= 0.6 is 0 Å². The van der Waals surface area contributed by atoms with Gasteiger partial charge in [0, 0.05) is 11.8 Å². The van der Waals surface area contributed by atoms with Crippen molar-refractivity contribution in [3.63, 3.8) is 0 Å². The zero-order valence-electron chi connectivity index (χ0n) is 13.7. The van der Waals surface area contributed by atoms with Crippen molar-refractivity contribution in [1.82, 2.24) is 0 Å². The highest BCUT2D eigenvalue weighted by molar-refractivity contribution is 7.90. The van der Waals surface area contributed by atoms with Gasteiger partial charge in [-0.3, -0.25) is 0 Å². The average Bonchev–Trinajstić information content (AvgIpc) is 2.90. The van der Waals surface area contributed by atoms with E-state index in [-0.39, 0.29) is 12.4 Å². The van der Waals surface area contributed by atoms with Crippen LogP contribution in [-0.2, 0) is 9.84 Å². The van der Waals surface area contributed by atoms with Crippen LogP contribution in [0.1, 0.15) is 43.6 Å². The molecule has 1 aromatic carbocycles. The summed E-state index contributed by atoms with van der Waals surface area (Å²) in [6, 6.07) is 8.00. The lowest BCUT2D eigenvalue weighted by atomic mass is 9.94. The fourth-order valence-corrected chi connectivity index (χ4v) is 3.81. The van der Waals surface area contributed by atoms with E-state index in [1.54, 1.807) is 0 Å². The second kappa shape index (κ2) is 7.64. The summed E-state index contributed by atoms with van der Waals surface area (Å²) in [6.45, 7) is 0.562. The van der Waals surface area contributed by atoms with Gasteiger partial charge in [0.2, 0.25) is 0 Å². The number of rotatable bonds is 8. The molecule has 2 atom stereocenters. The van der Waals surface area contributed by atoms with Gasteiger partial charge >= 0.3 is 0 Å². The molecule has 0 aromatic heterocycles. The van der Waals surface area contributed by atoms with Gasteiger partial charge in [0.15, 0.2) is 0 Å². The molecule has 1 saturated carbocycles. The lowest BCUT2D eigenvalue weighted by molar-refractivity contribution is 0.198. The Labute approximate surface area is 138 Å². The predicted molar refractivity (Wildman–Crippen MR) is 91.5 cm³/mol. The summed E-state index contributed by atoms with van der Waals surface area (Å²) < 4.78 is 27.7. The smallest absolute Gasteiger partial charge is 0.147 e. The number of nitrogens with two attached hydrogens (primary N) is 1. The first kappa shape index (κ1) is 18.2. The number of aliphatic hydroxyl groups is 1. The van der Waals surface area contributed by atoms with E-state index in [9.17, 15) is 13.5 Å². The lowest BCUT2D eigenvalue weighted by Gasteiger charge is -2.21. The Morgan fingerprint density at radius 2 is 2.00 bits per heavy atom. The van der Waals surface area contributed by atoms with Crippen LogP contribution in [0.2, 0.25) is 0 Å². The van der Waals surface area contributed by atoms with Crippen molar-refractivity contribution >= 4 is 9.84 Å². The largest absolute Gasteiger partial charge is 0.494 e. The van der Waals surface area contributed by atoms with Crippen LogP contribution in [0.4, 0.5) is 0 Å². The number of unbranched alkanes of at least 4 members (excludes halogenated alkanes) is 1. The Morgan fingerprint density at radius 1 is 1.30 bits per heavy atom. The van der Waals surface area contributed by atoms with Crippen LogP contribution in [0, 0.1) is 0 Å². The van der Waals surface area contributed by atoms with Gasteiger partial charge in [0.1, 0.15) is 15.6 Å². The molecule has 5 nitrogen and oxygen atoms in total. The average molecular weight is 341 g/mol. The van der Waals surface area contributed by atoms with E-state index in [4.69, 9.17) is 10.5 Å². The first-order valence-electron chi connectivity index (χ1n) is 8.12. The first-order valence-corrected chi connectivity index (χ1v) is 10.2. The molecule has 0 heterocycles. The molecular formula is C17H27NO4S. The summed E-state index contributed by atoms with van der Waals surface area (Å²) in [6.07, 6.45) is 5.27. The van der Waals surface area contributed by atoms with E-state index in [2.05, 4.69) is 12.1 Å². The minimum atomic E-state index is -2.88. The Morgan fingerprint density at radius 3 is 2.57 bits per heavy atom. The minimum Gasteiger partial charge on any atom is -0.494 e. The zero-order valence-corrected chi connectivity index (χ0v) is 14.5. The molecule has 23 heavy (non-hydrogen) atoms. The monoisotopic (exact) mass is 341 g/mol. The SMILES string of the molecule is CS(=O)(=O)CCCCOc1ccc([C@@H]2CC[C@@](N)(CO)C2)cc1. The van der Waals surface area contributed by atoms with Crippen molar-refractivity contribution in [3.8, 4) is 5.75 Å². The van der Waals surface area contributed by atoms with E-state index in [0.717, 1.165) is 31.4 Å². The van der Waals surface area contributed by atoms with Gasteiger partial charge in [0.05, 0.1) is 19.0 Å². The van der Waals surface area contributed by atoms with Crippen LogP contribution in [0.3, 0.4) is 0 Å². The van der Waals surface area contributed by atoms with Gasteiger partial charge in [-0.25, -0.2) is 8.42 Å². The van der Waals surface area contributed by atoms with Crippen LogP contribution in [-0.4, -0.2) is 44.3 Å². The number of benzene rings is 1. The molecule has 3 N–H and O–H groups in total. The number of ether oxygens (including phenoxy) is 1. The molecule has 0 spiro atoms. The van der Waals surface area contributed by atoms with Crippen LogP contribution in [0.15, 0.2) is 24.3 Å². The molecule has 0 radical (unpaired) electrons. The van der Waals surface area contributed by atoms with E-state index in [0.29, 0.717) is 18.9 Å². The fourth-order valence-electron chi connectivity index (χ4n) is 3.08. The minimum absolute atomic E-state index is 0.0399. The quantitative estimate of drug-likeness (QED) is 0.704. The van der Waals surface area contributed by atoms with E-state index in [1.807, 2.05) is 12.1 Å². The summed E-state index contributed by atoms with van der Waals surface area (Å²) in [4.78, 5) is 0. The molecule has 6 heteroatoms. The van der Waals surface area contributed by atoms with Crippen LogP contribution < -0.4 is 10.5 Å². The van der Waals surface area contributed by atoms with E-state index < -0.39 is 15.4 Å². The van der Waals surface area contributed by atoms with Crippen molar-refractivity contribution in [2.24, 2.45) is 5.73 Å². The number of sulfone groups is 1. The normalized spacial score (nSPS) is 24.7. The highest BCUT2D eigenvalue weighted by Crippen LogP contribution is 2.39. The molecule has 1 aliphatic rings. The summed E-state index contributed by atoms with van der Waals surface area (Å²) >= 11 is 0. The molecule has 130 valence electrons. The van der Waals surface area contributed by atoms with Crippen LogP contribution in [0.25, 0.3) is 0 Å². The Kier molecular flexibility index (Phi) is 6.06. The number of hydrogen-bond donors (Lipinski definition) is 2. The molecule has 1 aromatic rings. The topological polar surface area (TPSA) is 89.6 Å². The maximum Gasteiger partial charge on any atom is 0.147 e. The molecular weight excluding hydrogens is 314 g/mol. The predicted octanol–water partition coefficient (Wildman–Crippen LogP) is 1.85. The molecule has 1 fully saturated rings. The summed E-state index contributed by atoms with van der Waals surface area (Å²) in [7, 11) is -2.88.